The summed E-state index contributed by atoms with van der Waals surface area (Å²) in [6, 6.07) is 4.21. The molecule has 0 saturated carbocycles. The zero-order valence-corrected chi connectivity index (χ0v) is 11.9. The van der Waals surface area contributed by atoms with E-state index in [9.17, 15) is 0 Å². The van der Waals surface area contributed by atoms with Gasteiger partial charge in [0.15, 0.2) is 0 Å². The molecule has 1 unspecified atom stereocenters. The van der Waals surface area contributed by atoms with Gasteiger partial charge < -0.3 is 9.88 Å². The molecular formula is C15H22N4. The Morgan fingerprint density at radius 3 is 2.79 bits per heavy atom. The molecule has 0 bridgehead atoms. The molecule has 0 radical (unpaired) electrons. The van der Waals surface area contributed by atoms with Gasteiger partial charge in [-0.1, -0.05) is 6.92 Å². The normalized spacial score (nSPS) is 12.6. The average Bonchev–Trinajstić information content (AvgIpc) is 2.88. The number of hydrogen-bond acceptors (Lipinski definition) is 3. The standard InChI is InChI=1S/C15H22N4/c1-4-7-17-14(13-11-12(3)6-8-16-13)15-18-9-10-19(15)5-2/h6,8-11,14,17H,4-5,7H2,1-3H3. The first-order valence-electron chi connectivity index (χ1n) is 6.93. The van der Waals surface area contributed by atoms with Gasteiger partial charge in [0.25, 0.3) is 0 Å². The maximum absolute atomic E-state index is 4.51. The van der Waals surface area contributed by atoms with Crippen molar-refractivity contribution in [2.24, 2.45) is 0 Å². The van der Waals surface area contributed by atoms with E-state index in [1.54, 1.807) is 0 Å². The van der Waals surface area contributed by atoms with E-state index < -0.39 is 0 Å². The summed E-state index contributed by atoms with van der Waals surface area (Å²) in [6.45, 7) is 8.27. The van der Waals surface area contributed by atoms with E-state index in [1.807, 2.05) is 24.7 Å². The van der Waals surface area contributed by atoms with Crippen molar-refractivity contribution in [2.75, 3.05) is 6.54 Å². The van der Waals surface area contributed by atoms with Crippen molar-refractivity contribution >= 4 is 0 Å². The summed E-state index contributed by atoms with van der Waals surface area (Å²) in [4.78, 5) is 9.02. The predicted octanol–water partition coefficient (Wildman–Crippen LogP) is 2.70. The fraction of sp³-hybridized carbons (Fsp3) is 0.467. The molecule has 4 nitrogen and oxygen atoms in total. The van der Waals surface area contributed by atoms with Crippen LogP contribution in [0.15, 0.2) is 30.7 Å². The Morgan fingerprint density at radius 1 is 1.26 bits per heavy atom. The Hall–Kier alpha value is -1.68. The number of imidazole rings is 1. The molecule has 2 aromatic rings. The van der Waals surface area contributed by atoms with E-state index in [2.05, 4.69) is 46.7 Å². The molecule has 19 heavy (non-hydrogen) atoms. The summed E-state index contributed by atoms with van der Waals surface area (Å²) in [5.41, 5.74) is 2.26. The lowest BCUT2D eigenvalue weighted by molar-refractivity contribution is 0.532. The molecule has 0 aliphatic carbocycles. The van der Waals surface area contributed by atoms with Gasteiger partial charge in [-0.3, -0.25) is 4.98 Å². The van der Waals surface area contributed by atoms with Crippen LogP contribution in [0.4, 0.5) is 0 Å². The first kappa shape index (κ1) is 13.7. The minimum atomic E-state index is 0.0646. The monoisotopic (exact) mass is 258 g/mol. The summed E-state index contributed by atoms with van der Waals surface area (Å²) >= 11 is 0. The highest BCUT2D eigenvalue weighted by Gasteiger charge is 2.19. The Labute approximate surface area is 114 Å². The molecule has 0 amide bonds. The zero-order valence-electron chi connectivity index (χ0n) is 11.9. The minimum Gasteiger partial charge on any atom is -0.334 e. The van der Waals surface area contributed by atoms with Crippen LogP contribution in [0.25, 0.3) is 0 Å². The molecule has 102 valence electrons. The molecule has 1 N–H and O–H groups in total. The SMILES string of the molecule is CCCNC(c1cc(C)ccn1)c1nccn1CC. The van der Waals surface area contributed by atoms with Crippen molar-refractivity contribution < 1.29 is 0 Å². The van der Waals surface area contributed by atoms with E-state index in [1.165, 1.54) is 5.56 Å². The maximum atomic E-state index is 4.51. The third-order valence-corrected chi connectivity index (χ3v) is 3.18. The molecule has 4 heteroatoms. The van der Waals surface area contributed by atoms with Crippen molar-refractivity contribution in [3.63, 3.8) is 0 Å². The van der Waals surface area contributed by atoms with Crippen LogP contribution in [0.5, 0.6) is 0 Å². The fourth-order valence-corrected chi connectivity index (χ4v) is 2.18. The summed E-state index contributed by atoms with van der Waals surface area (Å²) in [5.74, 6) is 1.04. The average molecular weight is 258 g/mol. The van der Waals surface area contributed by atoms with Crippen LogP contribution in [0, 0.1) is 6.92 Å². The summed E-state index contributed by atoms with van der Waals surface area (Å²) < 4.78 is 2.16. The fourth-order valence-electron chi connectivity index (χ4n) is 2.18. The van der Waals surface area contributed by atoms with Crippen LogP contribution < -0.4 is 5.32 Å². The predicted molar refractivity (Wildman–Crippen MR) is 77.0 cm³/mol. The first-order valence-corrected chi connectivity index (χ1v) is 6.93. The maximum Gasteiger partial charge on any atom is 0.132 e. The van der Waals surface area contributed by atoms with Crippen LogP contribution in [-0.4, -0.2) is 21.1 Å². The van der Waals surface area contributed by atoms with Crippen molar-refractivity contribution in [2.45, 2.75) is 39.8 Å². The van der Waals surface area contributed by atoms with Gasteiger partial charge in [0, 0.05) is 25.1 Å². The molecule has 0 spiro atoms. The van der Waals surface area contributed by atoms with E-state index in [4.69, 9.17) is 0 Å². The van der Waals surface area contributed by atoms with Crippen molar-refractivity contribution in [1.29, 1.82) is 0 Å². The third-order valence-electron chi connectivity index (χ3n) is 3.18. The number of aromatic nitrogens is 3. The Balaban J connectivity index is 2.35. The molecule has 0 fully saturated rings. The number of nitrogens with zero attached hydrogens (tertiary/aromatic N) is 3. The van der Waals surface area contributed by atoms with Gasteiger partial charge in [-0.15, -0.1) is 0 Å². The lowest BCUT2D eigenvalue weighted by Gasteiger charge is -2.19. The second kappa shape index (κ2) is 6.48. The Bertz CT molecular complexity index is 518. The largest absolute Gasteiger partial charge is 0.334 e. The van der Waals surface area contributed by atoms with E-state index in [0.29, 0.717) is 0 Å². The van der Waals surface area contributed by atoms with Gasteiger partial charge in [-0.25, -0.2) is 4.98 Å². The van der Waals surface area contributed by atoms with E-state index >= 15 is 0 Å². The molecule has 0 aliphatic rings. The molecule has 1 atom stereocenters. The number of aryl methyl sites for hydroxylation is 2. The lowest BCUT2D eigenvalue weighted by atomic mass is 10.1. The second-order valence-corrected chi connectivity index (χ2v) is 4.72. The molecule has 2 aromatic heterocycles. The lowest BCUT2D eigenvalue weighted by Crippen LogP contribution is -2.27. The van der Waals surface area contributed by atoms with Crippen LogP contribution in [0.2, 0.25) is 0 Å². The number of rotatable bonds is 6. The van der Waals surface area contributed by atoms with Gasteiger partial charge >= 0.3 is 0 Å². The smallest absolute Gasteiger partial charge is 0.132 e. The topological polar surface area (TPSA) is 42.7 Å². The molecule has 2 heterocycles. The van der Waals surface area contributed by atoms with Crippen LogP contribution in [0.1, 0.15) is 43.4 Å². The van der Waals surface area contributed by atoms with Gasteiger partial charge in [0.05, 0.1) is 5.69 Å². The third kappa shape index (κ3) is 3.20. The first-order chi connectivity index (χ1) is 9.26. The van der Waals surface area contributed by atoms with Gasteiger partial charge in [-0.2, -0.15) is 0 Å². The van der Waals surface area contributed by atoms with E-state index in [-0.39, 0.29) is 6.04 Å². The second-order valence-electron chi connectivity index (χ2n) is 4.72. The van der Waals surface area contributed by atoms with Crippen LogP contribution in [-0.2, 0) is 6.54 Å². The molecular weight excluding hydrogens is 236 g/mol. The highest BCUT2D eigenvalue weighted by Crippen LogP contribution is 2.19. The van der Waals surface area contributed by atoms with Crippen LogP contribution >= 0.6 is 0 Å². The Kier molecular flexibility index (Phi) is 4.68. The highest BCUT2D eigenvalue weighted by molar-refractivity contribution is 5.22. The number of hydrogen-bond donors (Lipinski definition) is 1. The van der Waals surface area contributed by atoms with Gasteiger partial charge in [0.2, 0.25) is 0 Å². The van der Waals surface area contributed by atoms with E-state index in [0.717, 1.165) is 31.0 Å². The highest BCUT2D eigenvalue weighted by atomic mass is 15.1. The molecule has 2 rings (SSSR count). The summed E-state index contributed by atoms with van der Waals surface area (Å²) in [6.07, 6.45) is 6.83. The van der Waals surface area contributed by atoms with Crippen molar-refractivity contribution in [3.05, 3.63) is 47.8 Å². The summed E-state index contributed by atoms with van der Waals surface area (Å²) in [7, 11) is 0. The molecule has 0 aromatic carbocycles. The van der Waals surface area contributed by atoms with Gasteiger partial charge in [-0.05, 0) is 44.5 Å². The van der Waals surface area contributed by atoms with Crippen molar-refractivity contribution in [1.82, 2.24) is 19.9 Å². The number of pyridine rings is 1. The minimum absolute atomic E-state index is 0.0646. The van der Waals surface area contributed by atoms with Gasteiger partial charge in [0.1, 0.15) is 11.9 Å². The quantitative estimate of drug-likeness (QED) is 0.866. The number of nitrogens with one attached hydrogen (secondary N) is 1. The molecule has 0 saturated heterocycles. The van der Waals surface area contributed by atoms with Crippen LogP contribution in [0.3, 0.4) is 0 Å². The Morgan fingerprint density at radius 2 is 2.11 bits per heavy atom. The summed E-state index contributed by atoms with van der Waals surface area (Å²) in [5, 5.41) is 3.54. The van der Waals surface area contributed by atoms with Crippen molar-refractivity contribution in [3.8, 4) is 0 Å². The molecule has 0 aliphatic heterocycles. The zero-order chi connectivity index (χ0) is 13.7.